The molecule has 1 heterocycles. The van der Waals surface area contributed by atoms with Gasteiger partial charge in [0.05, 0.1) is 10.7 Å². The Labute approximate surface area is 105 Å². The zero-order chi connectivity index (χ0) is 12.0. The predicted octanol–water partition coefficient (Wildman–Crippen LogP) is 2.91. The van der Waals surface area contributed by atoms with Crippen molar-refractivity contribution in [1.29, 1.82) is 0 Å². The van der Waals surface area contributed by atoms with Crippen molar-refractivity contribution in [3.05, 3.63) is 40.0 Å². The third kappa shape index (κ3) is 1.53. The van der Waals surface area contributed by atoms with Crippen LogP contribution < -0.4 is 5.73 Å². The average molecular weight is 248 g/mol. The lowest BCUT2D eigenvalue weighted by atomic mass is 10.2. The highest BCUT2D eigenvalue weighted by molar-refractivity contribution is 6.33. The Morgan fingerprint density at radius 3 is 3.00 bits per heavy atom. The molecule has 2 N–H and O–H groups in total. The molecule has 0 radical (unpaired) electrons. The molecule has 0 bridgehead atoms. The molecular formula is C13H14ClN3. The second-order valence-electron chi connectivity index (χ2n) is 4.48. The SMILES string of the molecule is Cc1cccc(-n2nc(N)c3c2CCC3)c1Cl. The van der Waals surface area contributed by atoms with Crippen LogP contribution in [0.3, 0.4) is 0 Å². The van der Waals surface area contributed by atoms with E-state index in [1.807, 2.05) is 29.8 Å². The van der Waals surface area contributed by atoms with Gasteiger partial charge < -0.3 is 5.73 Å². The maximum Gasteiger partial charge on any atom is 0.149 e. The highest BCUT2D eigenvalue weighted by Crippen LogP contribution is 2.32. The van der Waals surface area contributed by atoms with Crippen LogP contribution in [0, 0.1) is 6.92 Å². The highest BCUT2D eigenvalue weighted by Gasteiger charge is 2.22. The molecule has 0 amide bonds. The van der Waals surface area contributed by atoms with Gasteiger partial charge in [0, 0.05) is 11.3 Å². The van der Waals surface area contributed by atoms with Gasteiger partial charge in [-0.15, -0.1) is 0 Å². The Bertz CT molecular complexity index is 587. The fourth-order valence-electron chi connectivity index (χ4n) is 2.46. The highest BCUT2D eigenvalue weighted by atomic mass is 35.5. The standard InChI is InChI=1S/C13H14ClN3/c1-8-4-2-7-11(12(8)14)17-10-6-3-5-9(10)13(15)16-17/h2,4,7H,3,5-6H2,1H3,(H2,15,16). The van der Waals surface area contributed by atoms with E-state index < -0.39 is 0 Å². The molecule has 1 aromatic carbocycles. The number of aromatic nitrogens is 2. The molecule has 1 aromatic heterocycles. The number of fused-ring (bicyclic) bond motifs is 1. The molecule has 0 atom stereocenters. The normalized spacial score (nSPS) is 14.0. The van der Waals surface area contributed by atoms with Crippen LogP contribution in [0.5, 0.6) is 0 Å². The lowest BCUT2D eigenvalue weighted by molar-refractivity contribution is 0.788. The Kier molecular flexibility index (Phi) is 2.37. The quantitative estimate of drug-likeness (QED) is 0.842. The Balaban J connectivity index is 2.23. The predicted molar refractivity (Wildman–Crippen MR) is 69.7 cm³/mol. The molecule has 4 heteroatoms. The number of nitrogens with two attached hydrogens (primary N) is 1. The van der Waals surface area contributed by atoms with E-state index in [4.69, 9.17) is 17.3 Å². The number of rotatable bonds is 1. The maximum atomic E-state index is 6.34. The number of anilines is 1. The number of halogens is 1. The summed E-state index contributed by atoms with van der Waals surface area (Å²) in [5.41, 5.74) is 10.3. The molecule has 3 nitrogen and oxygen atoms in total. The van der Waals surface area contributed by atoms with Crippen LogP contribution in [0.25, 0.3) is 5.69 Å². The average Bonchev–Trinajstić information content (AvgIpc) is 2.87. The van der Waals surface area contributed by atoms with E-state index in [2.05, 4.69) is 5.10 Å². The summed E-state index contributed by atoms with van der Waals surface area (Å²) in [6.45, 7) is 2.00. The van der Waals surface area contributed by atoms with Crippen LogP contribution >= 0.6 is 11.6 Å². The number of benzene rings is 1. The van der Waals surface area contributed by atoms with Gasteiger partial charge in [0.1, 0.15) is 5.82 Å². The minimum atomic E-state index is 0.648. The summed E-state index contributed by atoms with van der Waals surface area (Å²) in [5, 5.41) is 5.17. The zero-order valence-corrected chi connectivity index (χ0v) is 10.5. The van der Waals surface area contributed by atoms with Gasteiger partial charge >= 0.3 is 0 Å². The first-order valence-electron chi connectivity index (χ1n) is 5.80. The molecule has 3 rings (SSSR count). The van der Waals surface area contributed by atoms with E-state index in [-0.39, 0.29) is 0 Å². The second kappa shape index (κ2) is 3.77. The lowest BCUT2D eigenvalue weighted by Crippen LogP contribution is -2.03. The van der Waals surface area contributed by atoms with E-state index >= 15 is 0 Å². The first-order valence-corrected chi connectivity index (χ1v) is 6.18. The van der Waals surface area contributed by atoms with Gasteiger partial charge in [-0.1, -0.05) is 23.7 Å². The first-order chi connectivity index (χ1) is 8.18. The molecule has 1 aliphatic carbocycles. The Morgan fingerprint density at radius 2 is 2.18 bits per heavy atom. The first kappa shape index (κ1) is 10.7. The third-order valence-corrected chi connectivity index (χ3v) is 3.85. The topological polar surface area (TPSA) is 43.8 Å². The number of aryl methyl sites for hydroxylation is 1. The molecule has 2 aromatic rings. The second-order valence-corrected chi connectivity index (χ2v) is 4.86. The molecule has 0 spiro atoms. The molecule has 0 unspecified atom stereocenters. The van der Waals surface area contributed by atoms with Crippen LogP contribution in [-0.4, -0.2) is 9.78 Å². The van der Waals surface area contributed by atoms with E-state index in [1.54, 1.807) is 0 Å². The fraction of sp³-hybridized carbons (Fsp3) is 0.308. The summed E-state index contributed by atoms with van der Waals surface area (Å²) >= 11 is 6.34. The molecule has 88 valence electrons. The third-order valence-electron chi connectivity index (χ3n) is 3.36. The Hall–Kier alpha value is -1.48. The number of hydrogen-bond donors (Lipinski definition) is 1. The van der Waals surface area contributed by atoms with Gasteiger partial charge in [-0.25, -0.2) is 4.68 Å². The largest absolute Gasteiger partial charge is 0.382 e. The number of nitrogens with zero attached hydrogens (tertiary/aromatic N) is 2. The van der Waals surface area contributed by atoms with Gasteiger partial charge in [-0.05, 0) is 37.8 Å². The lowest BCUT2D eigenvalue weighted by Gasteiger charge is -2.09. The molecule has 0 fully saturated rings. The van der Waals surface area contributed by atoms with Gasteiger partial charge in [0.2, 0.25) is 0 Å². The monoisotopic (exact) mass is 247 g/mol. The molecule has 17 heavy (non-hydrogen) atoms. The van der Waals surface area contributed by atoms with Crippen molar-refractivity contribution in [3.63, 3.8) is 0 Å². The summed E-state index contributed by atoms with van der Waals surface area (Å²) in [6, 6.07) is 5.98. The molecule has 1 aliphatic rings. The van der Waals surface area contributed by atoms with Crippen molar-refractivity contribution in [2.45, 2.75) is 26.2 Å². The van der Waals surface area contributed by atoms with Crippen molar-refractivity contribution in [1.82, 2.24) is 9.78 Å². The minimum Gasteiger partial charge on any atom is -0.382 e. The maximum absolute atomic E-state index is 6.34. The Morgan fingerprint density at radius 1 is 1.35 bits per heavy atom. The van der Waals surface area contributed by atoms with Crippen molar-refractivity contribution < 1.29 is 0 Å². The molecule has 0 aliphatic heterocycles. The van der Waals surface area contributed by atoms with Crippen LogP contribution in [0.4, 0.5) is 5.82 Å². The summed E-state index contributed by atoms with van der Waals surface area (Å²) in [6.07, 6.45) is 3.22. The van der Waals surface area contributed by atoms with E-state index in [0.717, 1.165) is 35.5 Å². The number of hydrogen-bond acceptors (Lipinski definition) is 2. The van der Waals surface area contributed by atoms with Crippen molar-refractivity contribution in [3.8, 4) is 5.69 Å². The summed E-state index contributed by atoms with van der Waals surface area (Å²) in [7, 11) is 0. The summed E-state index contributed by atoms with van der Waals surface area (Å²) < 4.78 is 1.91. The van der Waals surface area contributed by atoms with Crippen LogP contribution in [0.2, 0.25) is 5.02 Å². The van der Waals surface area contributed by atoms with Gasteiger partial charge in [-0.3, -0.25) is 0 Å². The van der Waals surface area contributed by atoms with E-state index in [9.17, 15) is 0 Å². The van der Waals surface area contributed by atoms with Crippen molar-refractivity contribution in [2.75, 3.05) is 5.73 Å². The van der Waals surface area contributed by atoms with Crippen molar-refractivity contribution >= 4 is 17.4 Å². The summed E-state index contributed by atoms with van der Waals surface area (Å²) in [4.78, 5) is 0. The smallest absolute Gasteiger partial charge is 0.149 e. The molecular weight excluding hydrogens is 234 g/mol. The zero-order valence-electron chi connectivity index (χ0n) is 9.70. The van der Waals surface area contributed by atoms with Crippen molar-refractivity contribution in [2.24, 2.45) is 0 Å². The van der Waals surface area contributed by atoms with Gasteiger partial charge in [-0.2, -0.15) is 5.10 Å². The minimum absolute atomic E-state index is 0.648. The van der Waals surface area contributed by atoms with Crippen LogP contribution in [0.1, 0.15) is 23.2 Å². The van der Waals surface area contributed by atoms with Gasteiger partial charge in [0.25, 0.3) is 0 Å². The van der Waals surface area contributed by atoms with E-state index in [0.29, 0.717) is 5.82 Å². The molecule has 0 saturated carbocycles. The molecule has 0 saturated heterocycles. The number of nitrogen functional groups attached to an aromatic ring is 1. The van der Waals surface area contributed by atoms with E-state index in [1.165, 1.54) is 11.3 Å². The van der Waals surface area contributed by atoms with Gasteiger partial charge in [0.15, 0.2) is 0 Å². The van der Waals surface area contributed by atoms with Crippen LogP contribution in [-0.2, 0) is 12.8 Å². The fourth-order valence-corrected chi connectivity index (χ4v) is 2.67. The summed E-state index contributed by atoms with van der Waals surface area (Å²) in [5.74, 6) is 0.648. The van der Waals surface area contributed by atoms with Crippen LogP contribution in [0.15, 0.2) is 18.2 Å².